The zero-order valence-corrected chi connectivity index (χ0v) is 9.22. The van der Waals surface area contributed by atoms with Crippen molar-refractivity contribution in [2.45, 2.75) is 16.6 Å². The average Bonchev–Trinajstić information content (AvgIpc) is 2.69. The van der Waals surface area contributed by atoms with Crippen LogP contribution < -0.4 is 11.1 Å². The zero-order valence-electron chi connectivity index (χ0n) is 8.40. The van der Waals surface area contributed by atoms with Gasteiger partial charge >= 0.3 is 0 Å². The maximum Gasteiger partial charge on any atom is 0.233 e. The molecule has 4 heteroatoms. The quantitative estimate of drug-likeness (QED) is 0.794. The highest BCUT2D eigenvalue weighted by Gasteiger charge is 2.27. The Morgan fingerprint density at radius 2 is 2.33 bits per heavy atom. The van der Waals surface area contributed by atoms with Crippen LogP contribution in [0.5, 0.6) is 0 Å². The summed E-state index contributed by atoms with van der Waals surface area (Å²) in [7, 11) is 0. The van der Waals surface area contributed by atoms with Gasteiger partial charge in [0.25, 0.3) is 0 Å². The molecule has 0 saturated heterocycles. The molecule has 0 radical (unpaired) electrons. The molecule has 1 atom stereocenters. The van der Waals surface area contributed by atoms with E-state index in [0.29, 0.717) is 13.1 Å². The number of thioether (sulfide) groups is 1. The number of benzene rings is 1. The van der Waals surface area contributed by atoms with Crippen LogP contribution in [0.15, 0.2) is 29.2 Å². The van der Waals surface area contributed by atoms with Crippen molar-refractivity contribution in [1.29, 1.82) is 0 Å². The van der Waals surface area contributed by atoms with Gasteiger partial charge in [0.1, 0.15) is 0 Å². The van der Waals surface area contributed by atoms with Gasteiger partial charge in [0.05, 0.1) is 5.25 Å². The fraction of sp³-hybridized carbons (Fsp3) is 0.364. The second-order valence-electron chi connectivity index (χ2n) is 3.50. The van der Waals surface area contributed by atoms with E-state index in [1.165, 1.54) is 10.5 Å². The van der Waals surface area contributed by atoms with Gasteiger partial charge in [-0.1, -0.05) is 18.2 Å². The van der Waals surface area contributed by atoms with Crippen molar-refractivity contribution in [3.8, 4) is 0 Å². The number of hydrogen-bond donors (Lipinski definition) is 2. The number of carbonyl (C=O) groups is 1. The van der Waals surface area contributed by atoms with Crippen LogP contribution >= 0.6 is 11.8 Å². The summed E-state index contributed by atoms with van der Waals surface area (Å²) in [5, 5.41) is 2.85. The predicted molar refractivity (Wildman–Crippen MR) is 61.9 cm³/mol. The van der Waals surface area contributed by atoms with Crippen LogP contribution in [0.1, 0.15) is 5.56 Å². The Balaban J connectivity index is 1.98. The first-order chi connectivity index (χ1) is 7.31. The van der Waals surface area contributed by atoms with E-state index in [1.54, 1.807) is 11.8 Å². The Morgan fingerprint density at radius 3 is 3.07 bits per heavy atom. The minimum absolute atomic E-state index is 0.0222. The van der Waals surface area contributed by atoms with Gasteiger partial charge in [0, 0.05) is 18.0 Å². The Hall–Kier alpha value is -1.00. The highest BCUT2D eigenvalue weighted by atomic mass is 32.2. The molecule has 1 unspecified atom stereocenters. The molecular formula is C11H14N2OS. The number of nitrogens with one attached hydrogen (secondary N) is 1. The van der Waals surface area contributed by atoms with Crippen molar-refractivity contribution in [1.82, 2.24) is 5.32 Å². The summed E-state index contributed by atoms with van der Waals surface area (Å²) in [6.07, 6.45) is 0.831. The standard InChI is InChI=1S/C11H14N2OS/c12-5-6-13-11(14)10-7-8-3-1-2-4-9(8)15-10/h1-4,10H,5-7,12H2,(H,13,14). The number of fused-ring (bicyclic) bond motifs is 1. The molecule has 0 aromatic heterocycles. The fourth-order valence-corrected chi connectivity index (χ4v) is 2.86. The first kappa shape index (κ1) is 10.5. The molecule has 3 nitrogen and oxygen atoms in total. The lowest BCUT2D eigenvalue weighted by atomic mass is 10.1. The van der Waals surface area contributed by atoms with Gasteiger partial charge in [-0.3, -0.25) is 4.79 Å². The smallest absolute Gasteiger partial charge is 0.233 e. The van der Waals surface area contributed by atoms with Gasteiger partial charge in [-0.25, -0.2) is 0 Å². The molecule has 0 aliphatic carbocycles. The summed E-state index contributed by atoms with van der Waals surface area (Å²) < 4.78 is 0. The molecule has 0 bridgehead atoms. The molecular weight excluding hydrogens is 208 g/mol. The van der Waals surface area contributed by atoms with Crippen LogP contribution in [-0.2, 0) is 11.2 Å². The number of carbonyl (C=O) groups excluding carboxylic acids is 1. The fourth-order valence-electron chi connectivity index (χ4n) is 1.64. The molecule has 1 aliphatic rings. The Labute approximate surface area is 93.4 Å². The van der Waals surface area contributed by atoms with Crippen LogP contribution in [0.25, 0.3) is 0 Å². The minimum atomic E-state index is 0.0222. The lowest BCUT2D eigenvalue weighted by Crippen LogP contribution is -2.35. The summed E-state index contributed by atoms with van der Waals surface area (Å²) in [5.74, 6) is 0.0988. The summed E-state index contributed by atoms with van der Waals surface area (Å²) >= 11 is 1.64. The molecule has 15 heavy (non-hydrogen) atoms. The molecule has 2 rings (SSSR count). The molecule has 1 aromatic rings. The summed E-state index contributed by atoms with van der Waals surface area (Å²) in [6.45, 7) is 1.06. The summed E-state index contributed by atoms with van der Waals surface area (Å²) in [6, 6.07) is 8.17. The number of rotatable bonds is 3. The first-order valence-corrected chi connectivity index (χ1v) is 5.91. The van der Waals surface area contributed by atoms with E-state index in [9.17, 15) is 4.79 Å². The topological polar surface area (TPSA) is 55.1 Å². The largest absolute Gasteiger partial charge is 0.354 e. The van der Waals surface area contributed by atoms with Gasteiger partial charge in [-0.2, -0.15) is 0 Å². The second kappa shape index (κ2) is 4.68. The maximum absolute atomic E-state index is 11.7. The lowest BCUT2D eigenvalue weighted by molar-refractivity contribution is -0.120. The van der Waals surface area contributed by atoms with Crippen molar-refractivity contribution in [2.75, 3.05) is 13.1 Å². The van der Waals surface area contributed by atoms with Gasteiger partial charge in [0.2, 0.25) is 5.91 Å². The molecule has 1 heterocycles. The van der Waals surface area contributed by atoms with Crippen LogP contribution in [-0.4, -0.2) is 24.2 Å². The predicted octanol–water partition coefficient (Wildman–Crippen LogP) is 0.778. The second-order valence-corrected chi connectivity index (χ2v) is 4.74. The van der Waals surface area contributed by atoms with Crippen LogP contribution in [0.2, 0.25) is 0 Å². The third-order valence-electron chi connectivity index (χ3n) is 2.38. The summed E-state index contributed by atoms with van der Waals surface area (Å²) in [4.78, 5) is 12.9. The van der Waals surface area contributed by atoms with Gasteiger partial charge in [0.15, 0.2) is 0 Å². The van der Waals surface area contributed by atoms with Crippen molar-refractivity contribution in [3.63, 3.8) is 0 Å². The van der Waals surface area contributed by atoms with Gasteiger partial charge < -0.3 is 11.1 Å². The lowest BCUT2D eigenvalue weighted by Gasteiger charge is -2.08. The molecule has 1 aromatic carbocycles. The Kier molecular flexibility index (Phi) is 3.28. The van der Waals surface area contributed by atoms with Crippen LogP contribution in [0.4, 0.5) is 0 Å². The van der Waals surface area contributed by atoms with Crippen molar-refractivity contribution < 1.29 is 4.79 Å². The molecule has 3 N–H and O–H groups in total. The molecule has 1 aliphatic heterocycles. The first-order valence-electron chi connectivity index (χ1n) is 5.03. The third-order valence-corrected chi connectivity index (χ3v) is 3.70. The Bertz CT molecular complexity index is 342. The van der Waals surface area contributed by atoms with E-state index in [0.717, 1.165) is 6.42 Å². The highest BCUT2D eigenvalue weighted by Crippen LogP contribution is 2.36. The van der Waals surface area contributed by atoms with Gasteiger partial charge in [-0.15, -0.1) is 11.8 Å². The van der Waals surface area contributed by atoms with E-state index in [-0.39, 0.29) is 11.2 Å². The maximum atomic E-state index is 11.7. The van der Waals surface area contributed by atoms with E-state index in [1.807, 2.05) is 12.1 Å². The molecule has 80 valence electrons. The SMILES string of the molecule is NCCNC(=O)C1Cc2ccccc2S1. The van der Waals surface area contributed by atoms with Crippen LogP contribution in [0.3, 0.4) is 0 Å². The van der Waals surface area contributed by atoms with E-state index in [4.69, 9.17) is 5.73 Å². The monoisotopic (exact) mass is 222 g/mol. The van der Waals surface area contributed by atoms with Crippen molar-refractivity contribution in [3.05, 3.63) is 29.8 Å². The van der Waals surface area contributed by atoms with Crippen LogP contribution in [0, 0.1) is 0 Å². The highest BCUT2D eigenvalue weighted by molar-refractivity contribution is 8.01. The molecule has 0 saturated carbocycles. The molecule has 0 spiro atoms. The normalized spacial score (nSPS) is 18.6. The van der Waals surface area contributed by atoms with Crippen molar-refractivity contribution in [2.24, 2.45) is 5.73 Å². The van der Waals surface area contributed by atoms with Crippen molar-refractivity contribution >= 4 is 17.7 Å². The zero-order chi connectivity index (χ0) is 10.7. The van der Waals surface area contributed by atoms with E-state index in [2.05, 4.69) is 17.4 Å². The molecule has 0 fully saturated rings. The number of amides is 1. The molecule has 1 amide bonds. The Morgan fingerprint density at radius 1 is 1.53 bits per heavy atom. The minimum Gasteiger partial charge on any atom is -0.354 e. The van der Waals surface area contributed by atoms with E-state index < -0.39 is 0 Å². The average molecular weight is 222 g/mol. The summed E-state index contributed by atoms with van der Waals surface area (Å²) in [5.41, 5.74) is 6.61. The number of hydrogen-bond acceptors (Lipinski definition) is 3. The number of nitrogens with two attached hydrogens (primary N) is 1. The van der Waals surface area contributed by atoms with Gasteiger partial charge in [-0.05, 0) is 18.1 Å². The van der Waals surface area contributed by atoms with E-state index >= 15 is 0 Å². The third kappa shape index (κ3) is 2.33.